The number of fused-ring (bicyclic) bond motifs is 3. The molecule has 5 heteroatoms. The van der Waals surface area contributed by atoms with Crippen LogP contribution in [-0.4, -0.2) is 21.8 Å². The maximum absolute atomic E-state index is 11.6. The van der Waals surface area contributed by atoms with E-state index in [1.54, 1.807) is 0 Å². The Hall–Kier alpha value is -3.08. The van der Waals surface area contributed by atoms with Crippen molar-refractivity contribution in [2.75, 3.05) is 0 Å². The first-order valence-electron chi connectivity index (χ1n) is 11.1. The van der Waals surface area contributed by atoms with Crippen molar-refractivity contribution in [2.24, 2.45) is 0 Å². The van der Waals surface area contributed by atoms with Gasteiger partial charge in [0.25, 0.3) is 0 Å². The molecular weight excluding hydrogens is 390 g/mol. The van der Waals surface area contributed by atoms with Gasteiger partial charge in [0.15, 0.2) is 0 Å². The summed E-state index contributed by atoms with van der Waals surface area (Å²) in [6.45, 7) is 2.61. The minimum absolute atomic E-state index is 0.0703. The molecule has 0 radical (unpaired) electrons. The van der Waals surface area contributed by atoms with E-state index in [0.29, 0.717) is 31.1 Å². The third-order valence-electron chi connectivity index (χ3n) is 6.91. The van der Waals surface area contributed by atoms with Gasteiger partial charge in [-0.05, 0) is 72.6 Å². The summed E-state index contributed by atoms with van der Waals surface area (Å²) in [5, 5.41) is 10.3. The first kappa shape index (κ1) is 19.9. The SMILES string of the molecule is Cc1cc(COc2ccc3[nH]c4c(c3c2)CC[C@H]4CC(=O)O)ccc1[C@H]1CCC(=O)C1. The number of aliphatic carboxylic acids is 1. The van der Waals surface area contributed by atoms with Crippen LogP contribution >= 0.6 is 0 Å². The molecule has 1 saturated carbocycles. The van der Waals surface area contributed by atoms with Gasteiger partial charge in [-0.1, -0.05) is 18.2 Å². The molecule has 160 valence electrons. The molecular formula is C26H27NO4. The van der Waals surface area contributed by atoms with Crippen LogP contribution in [0.15, 0.2) is 36.4 Å². The number of carbonyl (C=O) groups excluding carboxylic acids is 1. The zero-order chi connectivity index (χ0) is 21.5. The van der Waals surface area contributed by atoms with Crippen molar-refractivity contribution in [3.63, 3.8) is 0 Å². The number of rotatable bonds is 6. The Morgan fingerprint density at radius 2 is 2.03 bits per heavy atom. The maximum Gasteiger partial charge on any atom is 0.304 e. The third-order valence-corrected chi connectivity index (χ3v) is 6.91. The number of nitrogens with one attached hydrogen (secondary N) is 1. The van der Waals surface area contributed by atoms with Crippen LogP contribution in [0.25, 0.3) is 10.9 Å². The largest absolute Gasteiger partial charge is 0.489 e. The molecule has 0 unspecified atom stereocenters. The Kier molecular flexibility index (Phi) is 5.05. The Morgan fingerprint density at radius 1 is 1.16 bits per heavy atom. The van der Waals surface area contributed by atoms with Gasteiger partial charge in [-0.15, -0.1) is 0 Å². The zero-order valence-corrected chi connectivity index (χ0v) is 17.7. The lowest BCUT2D eigenvalue weighted by Gasteiger charge is -2.14. The number of aromatic nitrogens is 1. The molecule has 2 N–H and O–H groups in total. The van der Waals surface area contributed by atoms with Gasteiger partial charge in [-0.2, -0.15) is 0 Å². The van der Waals surface area contributed by atoms with E-state index >= 15 is 0 Å². The molecule has 0 aliphatic heterocycles. The number of aromatic amines is 1. The number of hydrogen-bond acceptors (Lipinski definition) is 3. The van der Waals surface area contributed by atoms with E-state index in [1.165, 1.54) is 16.7 Å². The maximum atomic E-state index is 11.6. The summed E-state index contributed by atoms with van der Waals surface area (Å²) in [7, 11) is 0. The molecule has 3 aromatic rings. The monoisotopic (exact) mass is 417 g/mol. The van der Waals surface area contributed by atoms with Crippen molar-refractivity contribution in [3.05, 3.63) is 64.3 Å². The molecule has 0 bridgehead atoms. The summed E-state index contributed by atoms with van der Waals surface area (Å²) >= 11 is 0. The molecule has 0 spiro atoms. The van der Waals surface area contributed by atoms with E-state index in [4.69, 9.17) is 9.84 Å². The molecule has 5 rings (SSSR count). The average Bonchev–Trinajstić information content (AvgIpc) is 3.42. The molecule has 1 aromatic heterocycles. The zero-order valence-electron chi connectivity index (χ0n) is 17.7. The second kappa shape index (κ2) is 7.88. The lowest BCUT2D eigenvalue weighted by Crippen LogP contribution is -2.03. The quantitative estimate of drug-likeness (QED) is 0.563. The summed E-state index contributed by atoms with van der Waals surface area (Å²) in [6.07, 6.45) is 4.30. The van der Waals surface area contributed by atoms with Crippen LogP contribution in [0.5, 0.6) is 5.75 Å². The van der Waals surface area contributed by atoms with E-state index in [2.05, 4.69) is 36.2 Å². The third kappa shape index (κ3) is 3.85. The summed E-state index contributed by atoms with van der Waals surface area (Å²) in [4.78, 5) is 26.2. The highest BCUT2D eigenvalue weighted by molar-refractivity contribution is 5.87. The summed E-state index contributed by atoms with van der Waals surface area (Å²) in [5.74, 6) is 0.879. The second-order valence-electron chi connectivity index (χ2n) is 9.02. The van der Waals surface area contributed by atoms with Crippen molar-refractivity contribution >= 4 is 22.7 Å². The number of carboxylic acids is 1. The van der Waals surface area contributed by atoms with Crippen LogP contribution in [0.4, 0.5) is 0 Å². The van der Waals surface area contributed by atoms with E-state index in [1.807, 2.05) is 12.1 Å². The molecule has 1 heterocycles. The van der Waals surface area contributed by atoms with Crippen LogP contribution < -0.4 is 4.74 Å². The fraction of sp³-hybridized carbons (Fsp3) is 0.385. The second-order valence-corrected chi connectivity index (χ2v) is 9.02. The number of H-pyrrole nitrogens is 1. The lowest BCUT2D eigenvalue weighted by molar-refractivity contribution is -0.137. The van der Waals surface area contributed by atoms with E-state index in [0.717, 1.165) is 47.2 Å². The van der Waals surface area contributed by atoms with Crippen molar-refractivity contribution in [1.29, 1.82) is 0 Å². The van der Waals surface area contributed by atoms with Crippen LogP contribution in [0.2, 0.25) is 0 Å². The number of carbonyl (C=O) groups is 2. The Balaban J connectivity index is 1.31. The fourth-order valence-corrected chi connectivity index (χ4v) is 5.36. The van der Waals surface area contributed by atoms with Gasteiger partial charge in [0.2, 0.25) is 0 Å². The smallest absolute Gasteiger partial charge is 0.304 e. The topological polar surface area (TPSA) is 79.4 Å². The highest BCUT2D eigenvalue weighted by atomic mass is 16.5. The van der Waals surface area contributed by atoms with Gasteiger partial charge in [-0.3, -0.25) is 9.59 Å². The van der Waals surface area contributed by atoms with E-state index in [-0.39, 0.29) is 12.3 Å². The van der Waals surface area contributed by atoms with E-state index < -0.39 is 5.97 Å². The normalized spacial score (nSPS) is 20.4. The van der Waals surface area contributed by atoms with Crippen molar-refractivity contribution in [3.8, 4) is 5.75 Å². The predicted molar refractivity (Wildman–Crippen MR) is 119 cm³/mol. The number of ether oxygens (including phenoxy) is 1. The van der Waals surface area contributed by atoms with Crippen LogP contribution in [0, 0.1) is 6.92 Å². The number of aryl methyl sites for hydroxylation is 2. The van der Waals surface area contributed by atoms with Gasteiger partial charge < -0.3 is 14.8 Å². The Morgan fingerprint density at radius 3 is 2.77 bits per heavy atom. The predicted octanol–water partition coefficient (Wildman–Crippen LogP) is 5.40. The van der Waals surface area contributed by atoms with Crippen LogP contribution in [0.3, 0.4) is 0 Å². The summed E-state index contributed by atoms with van der Waals surface area (Å²) in [5.41, 5.74) is 6.98. The average molecular weight is 418 g/mol. The van der Waals surface area contributed by atoms with Gasteiger partial charge in [0, 0.05) is 35.4 Å². The standard InChI is InChI=1S/C26H27NO4/c1-15-10-16(2-7-21(15)17-3-5-19(28)11-17)14-31-20-6-9-24-23(13-20)22-8-4-18(12-25(29)30)26(22)27-24/h2,6-7,9-10,13,17-18,27H,3-5,8,11-12,14H2,1H3,(H,29,30)/t17-,18-/m0/s1. The van der Waals surface area contributed by atoms with E-state index in [9.17, 15) is 9.59 Å². The minimum atomic E-state index is -0.749. The van der Waals surface area contributed by atoms with Crippen LogP contribution in [0.1, 0.15) is 71.9 Å². The Labute approximate surface area is 181 Å². The lowest BCUT2D eigenvalue weighted by atomic mass is 9.92. The molecule has 31 heavy (non-hydrogen) atoms. The summed E-state index contributed by atoms with van der Waals surface area (Å²) in [6, 6.07) is 12.5. The number of hydrogen-bond donors (Lipinski definition) is 2. The Bertz CT molecular complexity index is 1180. The van der Waals surface area contributed by atoms with Crippen molar-refractivity contribution in [2.45, 2.75) is 63.9 Å². The van der Waals surface area contributed by atoms with Crippen LogP contribution in [-0.2, 0) is 22.6 Å². The van der Waals surface area contributed by atoms with Crippen molar-refractivity contribution < 1.29 is 19.4 Å². The molecule has 0 saturated heterocycles. The highest BCUT2D eigenvalue weighted by Crippen LogP contribution is 2.40. The summed E-state index contributed by atoms with van der Waals surface area (Å²) < 4.78 is 6.10. The molecule has 2 aliphatic carbocycles. The molecule has 5 nitrogen and oxygen atoms in total. The highest BCUT2D eigenvalue weighted by Gasteiger charge is 2.28. The number of ketones is 1. The molecule has 2 aliphatic rings. The molecule has 2 aromatic carbocycles. The minimum Gasteiger partial charge on any atom is -0.489 e. The number of benzene rings is 2. The number of carboxylic acid groups (broad SMARTS) is 1. The number of Topliss-reactive ketones (excluding diaryl/α,β-unsaturated/α-hetero) is 1. The van der Waals surface area contributed by atoms with Gasteiger partial charge in [-0.25, -0.2) is 0 Å². The molecule has 2 atom stereocenters. The van der Waals surface area contributed by atoms with Gasteiger partial charge in [0.05, 0.1) is 6.42 Å². The van der Waals surface area contributed by atoms with Gasteiger partial charge >= 0.3 is 5.97 Å². The van der Waals surface area contributed by atoms with Gasteiger partial charge in [0.1, 0.15) is 18.1 Å². The first-order valence-corrected chi connectivity index (χ1v) is 11.1. The molecule has 1 fully saturated rings. The molecule has 0 amide bonds. The van der Waals surface area contributed by atoms with Crippen molar-refractivity contribution in [1.82, 2.24) is 4.98 Å². The first-order chi connectivity index (χ1) is 15.0. The fourth-order valence-electron chi connectivity index (χ4n) is 5.36.